The van der Waals surface area contributed by atoms with E-state index in [-0.39, 0.29) is 0 Å². The smallest absolute Gasteiger partial charge is 0.129 e. The minimum atomic E-state index is 0.477. The first-order chi connectivity index (χ1) is 9.58. The number of rotatable bonds is 2. The van der Waals surface area contributed by atoms with Crippen LogP contribution in [-0.4, -0.2) is 9.78 Å². The molecule has 1 aromatic carbocycles. The number of hydrogen-bond donors (Lipinski definition) is 1. The largest absolute Gasteiger partial charge is 0.472 e. The van der Waals surface area contributed by atoms with Crippen molar-refractivity contribution in [3.63, 3.8) is 0 Å². The number of benzene rings is 1. The van der Waals surface area contributed by atoms with Gasteiger partial charge in [-0.15, -0.1) is 0 Å². The molecule has 0 fully saturated rings. The standard InChI is InChI=1S/C14H11Cl2N3O/c1-19-14(17)12(8-2-3-10(15)11(16)6-8)13(18-19)9-4-5-20-7-9/h2-7H,17H2,1H3. The Hall–Kier alpha value is -1.91. The number of nitrogens with two attached hydrogens (primary N) is 1. The van der Waals surface area contributed by atoms with E-state index < -0.39 is 0 Å². The van der Waals surface area contributed by atoms with E-state index in [0.29, 0.717) is 15.9 Å². The Morgan fingerprint density at radius 3 is 2.60 bits per heavy atom. The maximum Gasteiger partial charge on any atom is 0.129 e. The van der Waals surface area contributed by atoms with Gasteiger partial charge in [-0.25, -0.2) is 0 Å². The summed E-state index contributed by atoms with van der Waals surface area (Å²) in [6, 6.07) is 7.22. The molecule has 2 aromatic heterocycles. The molecule has 4 nitrogen and oxygen atoms in total. The summed E-state index contributed by atoms with van der Waals surface area (Å²) < 4.78 is 6.74. The molecule has 2 heterocycles. The average molecular weight is 308 g/mol. The van der Waals surface area contributed by atoms with E-state index in [0.717, 1.165) is 22.4 Å². The topological polar surface area (TPSA) is 57.0 Å². The molecule has 0 saturated carbocycles. The molecule has 0 amide bonds. The third-order valence-corrected chi connectivity index (χ3v) is 3.83. The van der Waals surface area contributed by atoms with Gasteiger partial charge in [-0.2, -0.15) is 5.10 Å². The highest BCUT2D eigenvalue weighted by molar-refractivity contribution is 6.42. The molecule has 102 valence electrons. The number of hydrogen-bond acceptors (Lipinski definition) is 3. The first kappa shape index (κ1) is 13.1. The number of nitrogen functional groups attached to an aromatic ring is 1. The van der Waals surface area contributed by atoms with Crippen LogP contribution in [0.1, 0.15) is 0 Å². The molecule has 6 heteroatoms. The van der Waals surface area contributed by atoms with Crippen LogP contribution in [0.2, 0.25) is 10.0 Å². The SMILES string of the molecule is Cn1nc(-c2ccoc2)c(-c2ccc(Cl)c(Cl)c2)c1N. The van der Waals surface area contributed by atoms with Gasteiger partial charge >= 0.3 is 0 Å². The maximum atomic E-state index is 6.12. The zero-order valence-electron chi connectivity index (χ0n) is 10.6. The number of nitrogens with zero attached hydrogens (tertiary/aromatic N) is 2. The lowest BCUT2D eigenvalue weighted by Gasteiger charge is -2.05. The molecule has 0 saturated heterocycles. The first-order valence-electron chi connectivity index (χ1n) is 5.88. The number of aryl methyl sites for hydroxylation is 1. The summed E-state index contributed by atoms with van der Waals surface area (Å²) >= 11 is 12.0. The molecule has 0 bridgehead atoms. The van der Waals surface area contributed by atoms with Crippen molar-refractivity contribution in [2.45, 2.75) is 0 Å². The molecular weight excluding hydrogens is 297 g/mol. The van der Waals surface area contributed by atoms with Crippen molar-refractivity contribution in [2.24, 2.45) is 7.05 Å². The van der Waals surface area contributed by atoms with E-state index in [1.807, 2.05) is 12.1 Å². The molecule has 0 aliphatic carbocycles. The van der Waals surface area contributed by atoms with Crippen LogP contribution in [0.15, 0.2) is 41.2 Å². The molecular formula is C14H11Cl2N3O. The van der Waals surface area contributed by atoms with Crippen molar-refractivity contribution >= 4 is 29.0 Å². The minimum Gasteiger partial charge on any atom is -0.472 e. The van der Waals surface area contributed by atoms with Crippen molar-refractivity contribution in [2.75, 3.05) is 5.73 Å². The van der Waals surface area contributed by atoms with Crippen molar-refractivity contribution in [3.05, 3.63) is 46.8 Å². The van der Waals surface area contributed by atoms with Gasteiger partial charge in [0.2, 0.25) is 0 Å². The predicted octanol–water partition coefficient (Wildman–Crippen LogP) is 4.24. The Morgan fingerprint density at radius 2 is 1.95 bits per heavy atom. The summed E-state index contributed by atoms with van der Waals surface area (Å²) in [4.78, 5) is 0. The molecule has 0 spiro atoms. The lowest BCUT2D eigenvalue weighted by Crippen LogP contribution is -1.98. The average Bonchev–Trinajstić information content (AvgIpc) is 3.03. The first-order valence-corrected chi connectivity index (χ1v) is 6.64. The highest BCUT2D eigenvalue weighted by Gasteiger charge is 2.18. The number of aromatic nitrogens is 2. The number of halogens is 2. The molecule has 3 aromatic rings. The second-order valence-corrected chi connectivity index (χ2v) is 5.19. The molecule has 0 atom stereocenters. The molecule has 2 N–H and O–H groups in total. The quantitative estimate of drug-likeness (QED) is 0.770. The van der Waals surface area contributed by atoms with Gasteiger partial charge in [-0.1, -0.05) is 29.3 Å². The van der Waals surface area contributed by atoms with E-state index in [2.05, 4.69) is 5.10 Å². The molecule has 0 aliphatic heterocycles. The maximum absolute atomic E-state index is 6.12. The van der Waals surface area contributed by atoms with Gasteiger partial charge in [0, 0.05) is 12.6 Å². The van der Waals surface area contributed by atoms with E-state index >= 15 is 0 Å². The molecule has 3 rings (SSSR count). The van der Waals surface area contributed by atoms with E-state index in [1.165, 1.54) is 0 Å². The Morgan fingerprint density at radius 1 is 1.15 bits per heavy atom. The molecule has 20 heavy (non-hydrogen) atoms. The van der Waals surface area contributed by atoms with Gasteiger partial charge in [0.25, 0.3) is 0 Å². The van der Waals surface area contributed by atoms with Crippen molar-refractivity contribution in [1.29, 1.82) is 0 Å². The van der Waals surface area contributed by atoms with Gasteiger partial charge < -0.3 is 10.2 Å². The second-order valence-electron chi connectivity index (χ2n) is 4.37. The lowest BCUT2D eigenvalue weighted by atomic mass is 10.0. The van der Waals surface area contributed by atoms with Crippen LogP contribution in [0.4, 0.5) is 5.82 Å². The van der Waals surface area contributed by atoms with E-state index in [9.17, 15) is 0 Å². The fourth-order valence-electron chi connectivity index (χ4n) is 2.07. The van der Waals surface area contributed by atoms with Crippen molar-refractivity contribution < 1.29 is 4.42 Å². The highest BCUT2D eigenvalue weighted by atomic mass is 35.5. The van der Waals surface area contributed by atoms with Crippen LogP contribution in [0.25, 0.3) is 22.4 Å². The molecule has 0 aliphatic rings. The van der Waals surface area contributed by atoms with Crippen LogP contribution in [0.5, 0.6) is 0 Å². The van der Waals surface area contributed by atoms with Gasteiger partial charge in [-0.05, 0) is 23.8 Å². The normalized spacial score (nSPS) is 10.9. The second kappa shape index (κ2) is 4.89. The summed E-state index contributed by atoms with van der Waals surface area (Å²) in [5.74, 6) is 0.555. The van der Waals surface area contributed by atoms with Gasteiger partial charge in [0.1, 0.15) is 11.5 Å². The molecule has 0 radical (unpaired) electrons. The van der Waals surface area contributed by atoms with Crippen molar-refractivity contribution in [1.82, 2.24) is 9.78 Å². The van der Waals surface area contributed by atoms with Crippen LogP contribution in [-0.2, 0) is 7.05 Å². The Kier molecular flexibility index (Phi) is 3.20. The minimum absolute atomic E-state index is 0.477. The Bertz CT molecular complexity index is 763. The Labute approximate surface area is 125 Å². The van der Waals surface area contributed by atoms with Gasteiger partial charge in [0.15, 0.2) is 0 Å². The van der Waals surface area contributed by atoms with Crippen LogP contribution in [0.3, 0.4) is 0 Å². The summed E-state index contributed by atoms with van der Waals surface area (Å²) in [7, 11) is 1.79. The van der Waals surface area contributed by atoms with Gasteiger partial charge in [0.05, 0.1) is 28.1 Å². The van der Waals surface area contributed by atoms with Crippen molar-refractivity contribution in [3.8, 4) is 22.4 Å². The third kappa shape index (κ3) is 2.07. The Balaban J connectivity index is 2.25. The van der Waals surface area contributed by atoms with Crippen LogP contribution < -0.4 is 5.73 Å². The zero-order valence-corrected chi connectivity index (χ0v) is 12.1. The van der Waals surface area contributed by atoms with Gasteiger partial charge in [-0.3, -0.25) is 4.68 Å². The highest BCUT2D eigenvalue weighted by Crippen LogP contribution is 2.38. The monoisotopic (exact) mass is 307 g/mol. The number of anilines is 1. The lowest BCUT2D eigenvalue weighted by molar-refractivity contribution is 0.568. The number of furan rings is 1. The van der Waals surface area contributed by atoms with Crippen LogP contribution >= 0.6 is 23.2 Å². The zero-order chi connectivity index (χ0) is 14.3. The molecule has 0 unspecified atom stereocenters. The summed E-state index contributed by atoms with van der Waals surface area (Å²) in [6.45, 7) is 0. The summed E-state index contributed by atoms with van der Waals surface area (Å²) in [5, 5.41) is 5.42. The fraction of sp³-hybridized carbons (Fsp3) is 0.0714. The summed E-state index contributed by atoms with van der Waals surface area (Å²) in [5.41, 5.74) is 9.41. The summed E-state index contributed by atoms with van der Waals surface area (Å²) in [6.07, 6.45) is 3.22. The fourth-order valence-corrected chi connectivity index (χ4v) is 2.37. The van der Waals surface area contributed by atoms with Crippen LogP contribution in [0, 0.1) is 0 Å². The van der Waals surface area contributed by atoms with E-state index in [4.69, 9.17) is 33.4 Å². The predicted molar refractivity (Wildman–Crippen MR) is 80.8 cm³/mol. The van der Waals surface area contributed by atoms with E-state index in [1.54, 1.807) is 36.4 Å². The third-order valence-electron chi connectivity index (χ3n) is 3.09.